The van der Waals surface area contributed by atoms with E-state index in [0.717, 1.165) is 10.6 Å². The van der Waals surface area contributed by atoms with Crippen molar-refractivity contribution < 1.29 is 17.6 Å². The first-order valence-electron chi connectivity index (χ1n) is 12.0. The number of hydrogen-bond acceptors (Lipinski definition) is 3. The molecule has 0 unspecified atom stereocenters. The molecule has 0 aliphatic rings. The van der Waals surface area contributed by atoms with Crippen LogP contribution in [-0.2, 0) is 11.8 Å². The Hall–Kier alpha value is -3.37. The van der Waals surface area contributed by atoms with Gasteiger partial charge >= 0.3 is 0 Å². The number of pyridine rings is 1. The standard InChI is InChI=1S/C30H22F4N2P2S/c31-26-28(27(32)30(34)35-29(26)33)36-37(22-13-5-1-6-14-22,23-15-7-2-8-16-23)21-38(39,24-17-9-3-10-18-24)25-19-11-4-12-20-25/h1-20H,21H2. The smallest absolute Gasteiger partial charge is 0.252 e. The van der Waals surface area contributed by atoms with Gasteiger partial charge in [-0.1, -0.05) is 133 Å². The molecule has 5 aromatic rings. The molecular formula is C30H22F4N2P2S. The van der Waals surface area contributed by atoms with Crippen LogP contribution in [0.15, 0.2) is 126 Å². The second-order valence-corrected chi connectivity index (χ2v) is 17.0. The highest BCUT2D eigenvalue weighted by Crippen LogP contribution is 2.62. The second kappa shape index (κ2) is 11.4. The summed E-state index contributed by atoms with van der Waals surface area (Å²) in [5, 5.41) is 3.14. The maximum atomic E-state index is 15.1. The lowest BCUT2D eigenvalue weighted by Gasteiger charge is -2.33. The Balaban J connectivity index is 1.93. The van der Waals surface area contributed by atoms with E-state index in [1.54, 1.807) is 24.3 Å². The molecule has 0 N–H and O–H groups in total. The Bertz CT molecular complexity index is 1590. The second-order valence-electron chi connectivity index (χ2n) is 8.76. The van der Waals surface area contributed by atoms with Crippen molar-refractivity contribution in [2.24, 2.45) is 4.74 Å². The van der Waals surface area contributed by atoms with E-state index in [9.17, 15) is 8.78 Å². The van der Waals surface area contributed by atoms with Crippen molar-refractivity contribution in [3.05, 3.63) is 145 Å². The molecule has 5 rings (SSSR count). The van der Waals surface area contributed by atoms with Gasteiger partial charge in [-0.3, -0.25) is 4.74 Å². The third kappa shape index (κ3) is 5.27. The van der Waals surface area contributed by atoms with Gasteiger partial charge in [0.1, 0.15) is 5.69 Å². The highest BCUT2D eigenvalue weighted by atomic mass is 32.4. The average molecular weight is 581 g/mol. The normalized spacial score (nSPS) is 11.8. The summed E-state index contributed by atoms with van der Waals surface area (Å²) in [6.07, 6.45) is 0. The molecule has 0 spiro atoms. The summed E-state index contributed by atoms with van der Waals surface area (Å²) < 4.78 is 63.6. The highest BCUT2D eigenvalue weighted by molar-refractivity contribution is 8.25. The van der Waals surface area contributed by atoms with Crippen LogP contribution in [0.4, 0.5) is 23.2 Å². The molecule has 1 heterocycles. The molecule has 0 amide bonds. The predicted octanol–water partition coefficient (Wildman–Crippen LogP) is 7.21. The molecule has 196 valence electrons. The Labute approximate surface area is 229 Å². The van der Waals surface area contributed by atoms with Crippen LogP contribution in [0.3, 0.4) is 0 Å². The SMILES string of the molecule is Fc1nc(F)c(F)c(N=P(CP(=S)(c2ccccc2)c2ccccc2)(c2ccccc2)c2ccccc2)c1F. The van der Waals surface area contributed by atoms with E-state index in [2.05, 4.69) is 9.73 Å². The molecule has 2 nitrogen and oxygen atoms in total. The van der Waals surface area contributed by atoms with Gasteiger partial charge in [-0.25, -0.2) is 0 Å². The predicted molar refractivity (Wildman–Crippen MR) is 157 cm³/mol. The van der Waals surface area contributed by atoms with Crippen molar-refractivity contribution in [3.63, 3.8) is 0 Å². The van der Waals surface area contributed by atoms with Crippen LogP contribution < -0.4 is 21.2 Å². The van der Waals surface area contributed by atoms with Gasteiger partial charge in [0.25, 0.3) is 11.9 Å². The first-order chi connectivity index (χ1) is 18.8. The lowest BCUT2D eigenvalue weighted by molar-refractivity contribution is 0.410. The molecule has 9 heteroatoms. The van der Waals surface area contributed by atoms with Crippen LogP contribution in [0, 0.1) is 23.5 Å². The van der Waals surface area contributed by atoms with Gasteiger partial charge in [0.05, 0.1) is 0 Å². The summed E-state index contributed by atoms with van der Waals surface area (Å²) in [7, 11) is -3.24. The monoisotopic (exact) mass is 580 g/mol. The molecule has 0 atom stereocenters. The number of aromatic nitrogens is 1. The van der Waals surface area contributed by atoms with Crippen LogP contribution in [0.1, 0.15) is 0 Å². The molecule has 0 radical (unpaired) electrons. The molecule has 0 fully saturated rings. The molecule has 0 bridgehead atoms. The summed E-state index contributed by atoms with van der Waals surface area (Å²) in [4.78, 5) is 2.73. The van der Waals surface area contributed by atoms with Crippen molar-refractivity contribution in [1.29, 1.82) is 0 Å². The zero-order chi connectivity index (χ0) is 27.5. The van der Waals surface area contributed by atoms with Crippen molar-refractivity contribution in [2.75, 3.05) is 5.90 Å². The topological polar surface area (TPSA) is 25.2 Å². The Morgan fingerprint density at radius 3 is 1.23 bits per heavy atom. The molecule has 0 aliphatic carbocycles. The van der Waals surface area contributed by atoms with E-state index in [-0.39, 0.29) is 5.90 Å². The first kappa shape index (κ1) is 27.2. The maximum absolute atomic E-state index is 15.1. The van der Waals surface area contributed by atoms with Gasteiger partial charge in [-0.15, -0.1) is 0 Å². The Morgan fingerprint density at radius 1 is 0.538 bits per heavy atom. The third-order valence-electron chi connectivity index (χ3n) is 6.36. The number of hydrogen-bond donors (Lipinski definition) is 0. The van der Waals surface area contributed by atoms with Crippen molar-refractivity contribution in [2.45, 2.75) is 0 Å². The maximum Gasteiger partial charge on any atom is 0.254 e. The molecule has 4 aromatic carbocycles. The summed E-state index contributed by atoms with van der Waals surface area (Å²) in [5.74, 6) is -6.58. The largest absolute Gasteiger partial charge is 0.254 e. The zero-order valence-corrected chi connectivity index (χ0v) is 23.1. The minimum atomic E-state index is -3.24. The van der Waals surface area contributed by atoms with Gasteiger partial charge < -0.3 is 0 Å². The quantitative estimate of drug-likeness (QED) is 0.116. The summed E-state index contributed by atoms with van der Waals surface area (Å²) in [5.41, 5.74) is -1.02. The van der Waals surface area contributed by atoms with Crippen molar-refractivity contribution >= 4 is 51.8 Å². The van der Waals surface area contributed by atoms with Crippen LogP contribution in [0.25, 0.3) is 0 Å². The van der Waals surface area contributed by atoms with E-state index in [1.807, 2.05) is 97.1 Å². The van der Waals surface area contributed by atoms with E-state index in [4.69, 9.17) is 11.8 Å². The summed E-state index contributed by atoms with van der Waals surface area (Å²) in [6, 6.07) is 34.6. The fraction of sp³-hybridized carbons (Fsp3) is 0.0333. The van der Waals surface area contributed by atoms with E-state index in [1.165, 1.54) is 0 Å². The first-order valence-corrected chi connectivity index (χ1v) is 16.9. The number of halogens is 4. The van der Waals surface area contributed by atoms with E-state index >= 15 is 8.78 Å². The zero-order valence-electron chi connectivity index (χ0n) is 20.5. The lowest BCUT2D eigenvalue weighted by atomic mass is 10.4. The fourth-order valence-electron chi connectivity index (χ4n) is 4.48. The molecule has 0 aliphatic heterocycles. The Kier molecular flexibility index (Phi) is 7.95. The number of nitrogens with zero attached hydrogens (tertiary/aromatic N) is 2. The fourth-order valence-corrected chi connectivity index (χ4v) is 15.9. The van der Waals surface area contributed by atoms with Gasteiger partial charge in [-0.05, 0) is 21.2 Å². The van der Waals surface area contributed by atoms with E-state index in [0.29, 0.717) is 10.6 Å². The average Bonchev–Trinajstić information content (AvgIpc) is 2.99. The molecular weight excluding hydrogens is 558 g/mol. The highest BCUT2D eigenvalue weighted by Gasteiger charge is 2.36. The van der Waals surface area contributed by atoms with Crippen LogP contribution in [0.5, 0.6) is 0 Å². The molecule has 0 saturated heterocycles. The van der Waals surface area contributed by atoms with Gasteiger partial charge in [0.2, 0.25) is 11.6 Å². The summed E-state index contributed by atoms with van der Waals surface area (Å²) in [6.45, 7) is 0. The lowest BCUT2D eigenvalue weighted by Crippen LogP contribution is -2.25. The van der Waals surface area contributed by atoms with E-state index < -0.39 is 42.3 Å². The molecule has 0 saturated carbocycles. The summed E-state index contributed by atoms with van der Waals surface area (Å²) >= 11 is 6.55. The minimum Gasteiger partial charge on any atom is -0.252 e. The molecule has 39 heavy (non-hydrogen) atoms. The Morgan fingerprint density at radius 2 is 0.872 bits per heavy atom. The minimum absolute atomic E-state index is 0.210. The number of benzene rings is 4. The van der Waals surface area contributed by atoms with Crippen molar-refractivity contribution in [3.8, 4) is 0 Å². The number of rotatable bonds is 7. The van der Waals surface area contributed by atoms with Crippen LogP contribution in [-0.4, -0.2) is 10.9 Å². The van der Waals surface area contributed by atoms with Crippen LogP contribution in [0.2, 0.25) is 0 Å². The third-order valence-corrected chi connectivity index (χ3v) is 17.0. The molecule has 1 aromatic heterocycles. The van der Waals surface area contributed by atoms with Gasteiger partial charge in [0, 0.05) is 19.0 Å². The van der Waals surface area contributed by atoms with Gasteiger partial charge in [-0.2, -0.15) is 22.5 Å². The van der Waals surface area contributed by atoms with Gasteiger partial charge in [0.15, 0.2) is 0 Å². The van der Waals surface area contributed by atoms with Crippen LogP contribution >= 0.6 is 13.1 Å². The van der Waals surface area contributed by atoms with Crippen molar-refractivity contribution in [1.82, 2.24) is 4.98 Å².